The zero-order valence-corrected chi connectivity index (χ0v) is 19.0. The molecule has 1 heterocycles. The molecular formula is C20H35IN4O. The molecule has 2 N–H and O–H groups in total. The molecule has 0 saturated carbocycles. The van der Waals surface area contributed by atoms with Gasteiger partial charge in [-0.1, -0.05) is 51.1 Å². The number of aliphatic imine (C=N–C) groups is 1. The molecule has 0 aliphatic carbocycles. The quantitative estimate of drug-likeness (QED) is 0.363. The van der Waals surface area contributed by atoms with Gasteiger partial charge in [0.1, 0.15) is 0 Å². The molecular weight excluding hydrogens is 439 g/mol. The fourth-order valence-corrected chi connectivity index (χ4v) is 3.08. The zero-order chi connectivity index (χ0) is 18.1. The largest absolute Gasteiger partial charge is 0.379 e. The molecule has 0 aromatic heterocycles. The lowest BCUT2D eigenvalue weighted by Crippen LogP contribution is -2.46. The SMILES string of the molecule is CN=C(NCC(C)CN1CCOCC1)NCC(C)(C)c1ccccc1.I. The fourth-order valence-electron chi connectivity index (χ4n) is 3.08. The predicted molar refractivity (Wildman–Crippen MR) is 121 cm³/mol. The van der Waals surface area contributed by atoms with E-state index >= 15 is 0 Å². The molecule has 2 rings (SSSR count). The van der Waals surface area contributed by atoms with Crippen molar-refractivity contribution in [3.05, 3.63) is 35.9 Å². The van der Waals surface area contributed by atoms with Crippen LogP contribution in [0.15, 0.2) is 35.3 Å². The van der Waals surface area contributed by atoms with Crippen LogP contribution in [-0.2, 0) is 10.2 Å². The van der Waals surface area contributed by atoms with E-state index < -0.39 is 0 Å². The van der Waals surface area contributed by atoms with Gasteiger partial charge in [0.2, 0.25) is 0 Å². The maximum absolute atomic E-state index is 5.41. The van der Waals surface area contributed by atoms with E-state index in [0.717, 1.165) is 51.9 Å². The van der Waals surface area contributed by atoms with Crippen LogP contribution >= 0.6 is 24.0 Å². The van der Waals surface area contributed by atoms with Crippen LogP contribution in [0.3, 0.4) is 0 Å². The number of rotatable bonds is 7. The van der Waals surface area contributed by atoms with Crippen LogP contribution in [0.2, 0.25) is 0 Å². The molecule has 26 heavy (non-hydrogen) atoms. The van der Waals surface area contributed by atoms with Crippen LogP contribution in [-0.4, -0.2) is 63.8 Å². The monoisotopic (exact) mass is 474 g/mol. The Hall–Kier alpha value is -0.860. The summed E-state index contributed by atoms with van der Waals surface area (Å²) in [6, 6.07) is 10.6. The average molecular weight is 474 g/mol. The summed E-state index contributed by atoms with van der Waals surface area (Å²) >= 11 is 0. The second-order valence-electron chi connectivity index (χ2n) is 7.57. The van der Waals surface area contributed by atoms with E-state index in [1.165, 1.54) is 5.56 Å². The average Bonchev–Trinajstić information content (AvgIpc) is 2.63. The van der Waals surface area contributed by atoms with Crippen LogP contribution < -0.4 is 10.6 Å². The number of halogens is 1. The van der Waals surface area contributed by atoms with Crippen LogP contribution in [0.5, 0.6) is 0 Å². The predicted octanol–water partition coefficient (Wildman–Crippen LogP) is 2.72. The van der Waals surface area contributed by atoms with Crippen molar-refractivity contribution in [1.82, 2.24) is 15.5 Å². The van der Waals surface area contributed by atoms with E-state index in [-0.39, 0.29) is 29.4 Å². The van der Waals surface area contributed by atoms with Crippen molar-refractivity contribution in [2.45, 2.75) is 26.2 Å². The Morgan fingerprint density at radius 1 is 1.19 bits per heavy atom. The molecule has 0 spiro atoms. The van der Waals surface area contributed by atoms with Crippen LogP contribution in [0, 0.1) is 5.92 Å². The van der Waals surface area contributed by atoms with Crippen molar-refractivity contribution in [3.8, 4) is 0 Å². The molecule has 1 aromatic carbocycles. The second kappa shape index (κ2) is 11.8. The third kappa shape index (κ3) is 7.80. The highest BCUT2D eigenvalue weighted by Crippen LogP contribution is 2.21. The summed E-state index contributed by atoms with van der Waals surface area (Å²) in [6.45, 7) is 13.5. The van der Waals surface area contributed by atoms with Gasteiger partial charge in [-0.15, -0.1) is 24.0 Å². The molecule has 1 saturated heterocycles. The second-order valence-corrected chi connectivity index (χ2v) is 7.57. The summed E-state index contributed by atoms with van der Waals surface area (Å²) in [5.41, 5.74) is 1.39. The van der Waals surface area contributed by atoms with Gasteiger partial charge in [-0.05, 0) is 11.5 Å². The number of benzene rings is 1. The Balaban J connectivity index is 0.00000338. The highest BCUT2D eigenvalue weighted by Gasteiger charge is 2.20. The summed E-state index contributed by atoms with van der Waals surface area (Å²) in [6.07, 6.45) is 0. The van der Waals surface area contributed by atoms with E-state index in [9.17, 15) is 0 Å². The maximum atomic E-state index is 5.41. The smallest absolute Gasteiger partial charge is 0.191 e. The molecule has 148 valence electrons. The number of hydrogen-bond donors (Lipinski definition) is 2. The molecule has 1 aliphatic rings. The first-order valence-electron chi connectivity index (χ1n) is 9.31. The molecule has 1 aliphatic heterocycles. The molecule has 1 atom stereocenters. The molecule has 0 amide bonds. The lowest BCUT2D eigenvalue weighted by Gasteiger charge is -2.30. The standard InChI is InChI=1S/C20H34N4O.HI/c1-17(15-24-10-12-25-13-11-24)14-22-19(21-4)23-16-20(2,3)18-8-6-5-7-9-18;/h5-9,17H,10-16H2,1-4H3,(H2,21,22,23);1H. The summed E-state index contributed by atoms with van der Waals surface area (Å²) in [4.78, 5) is 6.84. The maximum Gasteiger partial charge on any atom is 0.191 e. The van der Waals surface area contributed by atoms with Gasteiger partial charge in [0, 0.05) is 45.2 Å². The molecule has 6 heteroatoms. The number of nitrogens with zero attached hydrogens (tertiary/aromatic N) is 2. The van der Waals surface area contributed by atoms with Crippen molar-refractivity contribution in [3.63, 3.8) is 0 Å². The Labute approximate surface area is 176 Å². The topological polar surface area (TPSA) is 48.9 Å². The van der Waals surface area contributed by atoms with E-state index in [1.54, 1.807) is 0 Å². The summed E-state index contributed by atoms with van der Waals surface area (Å²) in [7, 11) is 1.83. The summed E-state index contributed by atoms with van der Waals surface area (Å²) < 4.78 is 5.41. The van der Waals surface area contributed by atoms with Gasteiger partial charge < -0.3 is 15.4 Å². The Morgan fingerprint density at radius 3 is 2.46 bits per heavy atom. The highest BCUT2D eigenvalue weighted by atomic mass is 127. The normalized spacial score (nSPS) is 17.3. The van der Waals surface area contributed by atoms with Gasteiger partial charge >= 0.3 is 0 Å². The lowest BCUT2D eigenvalue weighted by molar-refractivity contribution is 0.0320. The lowest BCUT2D eigenvalue weighted by atomic mass is 9.85. The van der Waals surface area contributed by atoms with Crippen molar-refractivity contribution >= 4 is 29.9 Å². The van der Waals surface area contributed by atoms with Gasteiger partial charge in [0.25, 0.3) is 0 Å². The van der Waals surface area contributed by atoms with Gasteiger partial charge in [0.05, 0.1) is 13.2 Å². The van der Waals surface area contributed by atoms with Crippen molar-refractivity contribution in [1.29, 1.82) is 0 Å². The first-order chi connectivity index (χ1) is 12.0. The minimum absolute atomic E-state index is 0. The third-order valence-corrected chi connectivity index (χ3v) is 4.77. The molecule has 0 radical (unpaired) electrons. The van der Waals surface area contributed by atoms with Gasteiger partial charge in [-0.3, -0.25) is 9.89 Å². The number of morpholine rings is 1. The minimum Gasteiger partial charge on any atom is -0.379 e. The van der Waals surface area contributed by atoms with Crippen LogP contribution in [0.25, 0.3) is 0 Å². The molecule has 0 bridgehead atoms. The Morgan fingerprint density at radius 2 is 1.85 bits per heavy atom. The van der Waals surface area contributed by atoms with Crippen molar-refractivity contribution in [2.75, 3.05) is 53.0 Å². The van der Waals surface area contributed by atoms with E-state index in [1.807, 2.05) is 7.05 Å². The number of ether oxygens (including phenoxy) is 1. The first kappa shape index (κ1) is 23.2. The van der Waals surface area contributed by atoms with Gasteiger partial charge in [-0.2, -0.15) is 0 Å². The van der Waals surface area contributed by atoms with Crippen molar-refractivity contribution in [2.24, 2.45) is 10.9 Å². The molecule has 1 fully saturated rings. The Kier molecular flexibility index (Phi) is 10.5. The number of hydrogen-bond acceptors (Lipinski definition) is 3. The number of guanidine groups is 1. The zero-order valence-electron chi connectivity index (χ0n) is 16.6. The summed E-state index contributed by atoms with van der Waals surface area (Å²) in [5, 5.41) is 6.94. The highest BCUT2D eigenvalue weighted by molar-refractivity contribution is 14.0. The van der Waals surface area contributed by atoms with Gasteiger partial charge in [-0.25, -0.2) is 0 Å². The van der Waals surface area contributed by atoms with E-state index in [4.69, 9.17) is 4.74 Å². The van der Waals surface area contributed by atoms with Crippen molar-refractivity contribution < 1.29 is 4.74 Å². The summed E-state index contributed by atoms with van der Waals surface area (Å²) in [5.74, 6) is 1.44. The molecule has 1 unspecified atom stereocenters. The van der Waals surface area contributed by atoms with E-state index in [0.29, 0.717) is 5.92 Å². The fraction of sp³-hybridized carbons (Fsp3) is 0.650. The minimum atomic E-state index is 0. The molecule has 1 aromatic rings. The number of nitrogens with one attached hydrogen (secondary N) is 2. The molecule has 5 nitrogen and oxygen atoms in total. The third-order valence-electron chi connectivity index (χ3n) is 4.77. The first-order valence-corrected chi connectivity index (χ1v) is 9.31. The van der Waals surface area contributed by atoms with Crippen LogP contribution in [0.1, 0.15) is 26.3 Å². The van der Waals surface area contributed by atoms with E-state index in [2.05, 4.69) is 71.6 Å². The van der Waals surface area contributed by atoms with Gasteiger partial charge in [0.15, 0.2) is 5.96 Å². The Bertz CT molecular complexity index is 530. The van der Waals surface area contributed by atoms with Crippen LogP contribution in [0.4, 0.5) is 0 Å².